The third-order valence-electron chi connectivity index (χ3n) is 5.43. The van der Waals surface area contributed by atoms with Gasteiger partial charge in [0.05, 0.1) is 12.0 Å². The van der Waals surface area contributed by atoms with Crippen molar-refractivity contribution in [1.29, 1.82) is 0 Å². The number of nitrogens with zero attached hydrogens (tertiary/aromatic N) is 5. The molecule has 0 aliphatic carbocycles. The highest BCUT2D eigenvalue weighted by Crippen LogP contribution is 2.29. The van der Waals surface area contributed by atoms with E-state index in [1.54, 1.807) is 12.1 Å². The van der Waals surface area contributed by atoms with Crippen molar-refractivity contribution < 1.29 is 4.39 Å². The fourth-order valence-electron chi connectivity index (χ4n) is 3.94. The quantitative estimate of drug-likeness (QED) is 0.474. The molecule has 0 radical (unpaired) electrons. The van der Waals surface area contributed by atoms with Crippen LogP contribution in [0.4, 0.5) is 4.39 Å². The summed E-state index contributed by atoms with van der Waals surface area (Å²) in [5, 5.41) is 4.65. The molecule has 1 aliphatic rings. The van der Waals surface area contributed by atoms with Crippen LogP contribution in [0, 0.1) is 19.7 Å². The van der Waals surface area contributed by atoms with Crippen molar-refractivity contribution in [2.75, 3.05) is 0 Å². The van der Waals surface area contributed by atoms with Crippen molar-refractivity contribution in [3.63, 3.8) is 0 Å². The zero-order chi connectivity index (χ0) is 20.7. The van der Waals surface area contributed by atoms with Gasteiger partial charge in [-0.25, -0.2) is 19.0 Å². The maximum atomic E-state index is 13.2. The van der Waals surface area contributed by atoms with E-state index >= 15 is 0 Å². The molecule has 3 heterocycles. The molecule has 5 nitrogen and oxygen atoms in total. The highest BCUT2D eigenvalue weighted by Gasteiger charge is 2.19. The normalized spacial score (nSPS) is 14.8. The lowest BCUT2D eigenvalue weighted by molar-refractivity contribution is 0.553. The monoisotopic (exact) mass is 399 g/mol. The second-order valence-corrected chi connectivity index (χ2v) is 7.73. The number of halogens is 1. The van der Waals surface area contributed by atoms with Crippen LogP contribution in [0.1, 0.15) is 35.5 Å². The van der Waals surface area contributed by atoms with Gasteiger partial charge in [-0.15, -0.1) is 0 Å². The third-order valence-corrected chi connectivity index (χ3v) is 5.43. The van der Waals surface area contributed by atoms with E-state index in [1.807, 2.05) is 28.7 Å². The number of allylic oxidation sites excluding steroid dienone is 1. The number of aryl methyl sites for hydroxylation is 3. The van der Waals surface area contributed by atoms with E-state index in [4.69, 9.17) is 4.98 Å². The van der Waals surface area contributed by atoms with Crippen molar-refractivity contribution in [3.8, 4) is 17.1 Å². The number of imidazole rings is 1. The van der Waals surface area contributed by atoms with Crippen molar-refractivity contribution in [2.45, 2.75) is 33.2 Å². The van der Waals surface area contributed by atoms with Crippen LogP contribution in [-0.4, -0.2) is 24.3 Å². The number of fused-ring (bicyclic) bond motifs is 1. The second kappa shape index (κ2) is 7.37. The van der Waals surface area contributed by atoms with E-state index < -0.39 is 0 Å². The smallest absolute Gasteiger partial charge is 0.181 e. The Kier molecular flexibility index (Phi) is 4.54. The molecule has 0 unspecified atom stereocenters. The van der Waals surface area contributed by atoms with Gasteiger partial charge in [0, 0.05) is 24.0 Å². The molecule has 0 saturated heterocycles. The van der Waals surface area contributed by atoms with Gasteiger partial charge in [0.2, 0.25) is 0 Å². The highest BCUT2D eigenvalue weighted by molar-refractivity contribution is 5.80. The van der Waals surface area contributed by atoms with Crippen molar-refractivity contribution in [3.05, 3.63) is 83.5 Å². The van der Waals surface area contributed by atoms with E-state index in [0.717, 1.165) is 47.7 Å². The summed E-state index contributed by atoms with van der Waals surface area (Å²) in [5.74, 6) is 1.28. The first-order chi connectivity index (χ1) is 14.6. The Bertz CT molecular complexity index is 1250. The van der Waals surface area contributed by atoms with Gasteiger partial charge in [-0.05, 0) is 85.9 Å². The van der Waals surface area contributed by atoms with E-state index in [0.29, 0.717) is 5.82 Å². The minimum atomic E-state index is -0.257. The Morgan fingerprint density at radius 1 is 1.07 bits per heavy atom. The first-order valence-corrected chi connectivity index (χ1v) is 10.1. The molecular weight excluding hydrogens is 377 g/mol. The summed E-state index contributed by atoms with van der Waals surface area (Å²) >= 11 is 0. The summed E-state index contributed by atoms with van der Waals surface area (Å²) in [6.07, 6.45) is 8.06. The lowest BCUT2D eigenvalue weighted by atomic mass is 10.0. The number of hydrogen-bond acceptors (Lipinski definition) is 3. The molecule has 0 spiro atoms. The van der Waals surface area contributed by atoms with Gasteiger partial charge in [-0.1, -0.05) is 6.07 Å². The molecule has 6 heteroatoms. The fraction of sp³-hybridized carbons (Fsp3) is 0.208. The minimum absolute atomic E-state index is 0.257. The van der Waals surface area contributed by atoms with Crippen LogP contribution >= 0.6 is 0 Å². The largest absolute Gasteiger partial charge is 0.306 e. The summed E-state index contributed by atoms with van der Waals surface area (Å²) in [6.45, 7) is 4.95. The zero-order valence-corrected chi connectivity index (χ0v) is 17.0. The third kappa shape index (κ3) is 3.45. The Labute approximate surface area is 174 Å². The van der Waals surface area contributed by atoms with Gasteiger partial charge >= 0.3 is 0 Å². The summed E-state index contributed by atoms with van der Waals surface area (Å²) < 4.78 is 17.3. The van der Waals surface area contributed by atoms with Gasteiger partial charge < -0.3 is 4.57 Å². The molecule has 0 fully saturated rings. The summed E-state index contributed by atoms with van der Waals surface area (Å²) in [5.41, 5.74) is 6.46. The average molecular weight is 399 g/mol. The van der Waals surface area contributed by atoms with E-state index in [1.165, 1.54) is 23.3 Å². The minimum Gasteiger partial charge on any atom is -0.306 e. The summed E-state index contributed by atoms with van der Waals surface area (Å²) in [4.78, 5) is 9.09. The molecule has 30 heavy (non-hydrogen) atoms. The first-order valence-electron chi connectivity index (χ1n) is 10.1. The predicted octanol–water partition coefficient (Wildman–Crippen LogP) is 5.22. The number of rotatable bonds is 3. The molecule has 0 bridgehead atoms. The molecule has 0 N–H and O–H groups in total. The fourth-order valence-corrected chi connectivity index (χ4v) is 3.94. The van der Waals surface area contributed by atoms with E-state index in [9.17, 15) is 4.39 Å². The van der Waals surface area contributed by atoms with Crippen LogP contribution in [0.15, 0.2) is 55.0 Å². The molecule has 2 aromatic carbocycles. The summed E-state index contributed by atoms with van der Waals surface area (Å²) in [7, 11) is 0. The average Bonchev–Trinajstić information content (AvgIpc) is 3.36. The molecule has 2 aromatic heterocycles. The molecule has 150 valence electrons. The molecule has 0 saturated carbocycles. The second-order valence-electron chi connectivity index (χ2n) is 7.73. The number of aromatic nitrogens is 5. The van der Waals surface area contributed by atoms with Crippen LogP contribution in [-0.2, 0) is 6.54 Å². The molecule has 4 aromatic rings. The standard InChI is InChI=1S/C24H22FN5/c1-16-12-18(5-10-22(16)29-14-17(2)26-15-29)13-20-4-3-11-30-24(20)27-23(28-30)19-6-8-21(25)9-7-19/h5-10,12-15H,3-4,11H2,1-2H3/b20-13+. The van der Waals surface area contributed by atoms with Crippen molar-refractivity contribution in [2.24, 2.45) is 0 Å². The van der Waals surface area contributed by atoms with E-state index in [2.05, 4.69) is 41.3 Å². The van der Waals surface area contributed by atoms with Crippen LogP contribution in [0.2, 0.25) is 0 Å². The topological polar surface area (TPSA) is 48.5 Å². The Morgan fingerprint density at radius 3 is 2.63 bits per heavy atom. The van der Waals surface area contributed by atoms with Gasteiger partial charge in [0.15, 0.2) is 11.6 Å². The number of benzene rings is 2. The molecule has 0 amide bonds. The Balaban J connectivity index is 1.48. The zero-order valence-electron chi connectivity index (χ0n) is 17.0. The maximum absolute atomic E-state index is 13.2. The summed E-state index contributed by atoms with van der Waals surface area (Å²) in [6, 6.07) is 12.8. The predicted molar refractivity (Wildman–Crippen MR) is 116 cm³/mol. The lowest BCUT2D eigenvalue weighted by Gasteiger charge is -2.15. The highest BCUT2D eigenvalue weighted by atomic mass is 19.1. The van der Waals surface area contributed by atoms with Crippen LogP contribution < -0.4 is 0 Å². The van der Waals surface area contributed by atoms with Crippen LogP contribution in [0.3, 0.4) is 0 Å². The Hall–Kier alpha value is -3.54. The number of hydrogen-bond donors (Lipinski definition) is 0. The van der Waals surface area contributed by atoms with Crippen LogP contribution in [0.25, 0.3) is 28.7 Å². The maximum Gasteiger partial charge on any atom is 0.181 e. The molecular formula is C24H22FN5. The Morgan fingerprint density at radius 2 is 1.90 bits per heavy atom. The molecule has 1 aliphatic heterocycles. The van der Waals surface area contributed by atoms with Crippen molar-refractivity contribution in [1.82, 2.24) is 24.3 Å². The van der Waals surface area contributed by atoms with Gasteiger partial charge in [0.25, 0.3) is 0 Å². The van der Waals surface area contributed by atoms with E-state index in [-0.39, 0.29) is 5.82 Å². The van der Waals surface area contributed by atoms with Gasteiger partial charge in [-0.3, -0.25) is 0 Å². The SMILES string of the molecule is Cc1cn(-c2ccc(/C=C3\CCCn4nc(-c5ccc(F)cc5)nc43)cc2C)cn1. The van der Waals surface area contributed by atoms with Crippen LogP contribution in [0.5, 0.6) is 0 Å². The first kappa shape index (κ1) is 18.5. The molecule has 5 rings (SSSR count). The van der Waals surface area contributed by atoms with Gasteiger partial charge in [0.1, 0.15) is 5.82 Å². The molecule has 0 atom stereocenters. The van der Waals surface area contributed by atoms with Gasteiger partial charge in [-0.2, -0.15) is 5.10 Å². The lowest BCUT2D eigenvalue weighted by Crippen LogP contribution is -2.11. The van der Waals surface area contributed by atoms with Crippen molar-refractivity contribution >= 4 is 11.6 Å².